The predicted molar refractivity (Wildman–Crippen MR) is 83.7 cm³/mol. The van der Waals surface area contributed by atoms with Crippen LogP contribution in [0.1, 0.15) is 47.0 Å². The molecule has 3 aromatic heterocycles. The van der Waals surface area contributed by atoms with Gasteiger partial charge in [-0.3, -0.25) is 9.20 Å². The van der Waals surface area contributed by atoms with Crippen LogP contribution in [0.25, 0.3) is 5.65 Å². The van der Waals surface area contributed by atoms with Gasteiger partial charge in [-0.25, -0.2) is 9.97 Å². The highest BCUT2D eigenvalue weighted by atomic mass is 19.1. The van der Waals surface area contributed by atoms with Gasteiger partial charge < -0.3 is 10.3 Å². The molecule has 0 unspecified atom stereocenters. The smallest absolute Gasteiger partial charge is 0.275 e. The molecule has 0 fully saturated rings. The van der Waals surface area contributed by atoms with Gasteiger partial charge in [0.05, 0.1) is 6.04 Å². The lowest BCUT2D eigenvalue weighted by molar-refractivity contribution is 0.0924. The SMILES string of the molecule is CC[C@@H](NC(=O)c1nc2ccc(C)cn2c1F)c1ncc(C)[nH]1. The van der Waals surface area contributed by atoms with Crippen LogP contribution in [0.15, 0.2) is 24.5 Å². The van der Waals surface area contributed by atoms with Crippen molar-refractivity contribution in [2.24, 2.45) is 0 Å². The summed E-state index contributed by atoms with van der Waals surface area (Å²) in [5.41, 5.74) is 1.98. The lowest BCUT2D eigenvalue weighted by Gasteiger charge is -2.13. The van der Waals surface area contributed by atoms with Crippen molar-refractivity contribution in [2.75, 3.05) is 0 Å². The quantitative estimate of drug-likeness (QED) is 0.777. The molecule has 0 aliphatic heterocycles. The lowest BCUT2D eigenvalue weighted by atomic mass is 10.2. The third-order valence-electron chi connectivity index (χ3n) is 3.69. The Morgan fingerprint density at radius 3 is 2.87 bits per heavy atom. The molecule has 0 aliphatic carbocycles. The van der Waals surface area contributed by atoms with E-state index >= 15 is 0 Å². The number of fused-ring (bicyclic) bond motifs is 1. The maximum Gasteiger partial charge on any atom is 0.275 e. The standard InChI is InChI=1S/C16H18FN5O/c1-4-11(15-18-7-10(3)19-15)20-16(23)13-14(17)22-8-9(2)5-6-12(22)21-13/h5-8,11H,4H2,1-3H3,(H,18,19)(H,20,23)/t11-/m1/s1. The summed E-state index contributed by atoms with van der Waals surface area (Å²) >= 11 is 0. The number of carbonyl (C=O) groups is 1. The summed E-state index contributed by atoms with van der Waals surface area (Å²) in [5.74, 6) is -0.560. The molecule has 2 N–H and O–H groups in total. The lowest BCUT2D eigenvalue weighted by Crippen LogP contribution is -2.29. The number of amides is 1. The van der Waals surface area contributed by atoms with Gasteiger partial charge in [0.1, 0.15) is 11.5 Å². The zero-order valence-corrected chi connectivity index (χ0v) is 13.2. The zero-order chi connectivity index (χ0) is 16.6. The van der Waals surface area contributed by atoms with Crippen LogP contribution in [-0.4, -0.2) is 25.3 Å². The van der Waals surface area contributed by atoms with Crippen LogP contribution in [0.3, 0.4) is 0 Å². The van der Waals surface area contributed by atoms with E-state index in [1.807, 2.05) is 26.8 Å². The summed E-state index contributed by atoms with van der Waals surface area (Å²) in [4.78, 5) is 23.8. The van der Waals surface area contributed by atoms with Crippen molar-refractivity contribution in [3.05, 3.63) is 53.2 Å². The van der Waals surface area contributed by atoms with E-state index in [2.05, 4.69) is 20.3 Å². The van der Waals surface area contributed by atoms with Crippen LogP contribution in [-0.2, 0) is 0 Å². The second kappa shape index (κ2) is 5.83. The average Bonchev–Trinajstić information content (AvgIpc) is 3.09. The number of H-pyrrole nitrogens is 1. The highest BCUT2D eigenvalue weighted by Crippen LogP contribution is 2.16. The Kier molecular flexibility index (Phi) is 3.85. The van der Waals surface area contributed by atoms with E-state index in [1.54, 1.807) is 18.5 Å². The molecule has 1 amide bonds. The fraction of sp³-hybridized carbons (Fsp3) is 0.312. The minimum absolute atomic E-state index is 0.211. The number of nitrogens with one attached hydrogen (secondary N) is 2. The number of aromatic nitrogens is 4. The molecular formula is C16H18FN5O. The Balaban J connectivity index is 1.89. The number of nitrogens with zero attached hydrogens (tertiary/aromatic N) is 3. The summed E-state index contributed by atoms with van der Waals surface area (Å²) in [6, 6.07) is 3.19. The molecule has 0 spiro atoms. The number of hydrogen-bond donors (Lipinski definition) is 2. The molecule has 1 atom stereocenters. The Labute approximate surface area is 132 Å². The van der Waals surface area contributed by atoms with Gasteiger partial charge in [0.25, 0.3) is 5.91 Å². The highest BCUT2D eigenvalue weighted by Gasteiger charge is 2.23. The molecule has 0 bridgehead atoms. The van der Waals surface area contributed by atoms with Crippen molar-refractivity contribution in [3.63, 3.8) is 0 Å². The monoisotopic (exact) mass is 315 g/mol. The van der Waals surface area contributed by atoms with Crippen molar-refractivity contribution in [1.29, 1.82) is 0 Å². The highest BCUT2D eigenvalue weighted by molar-refractivity contribution is 5.93. The summed E-state index contributed by atoms with van der Waals surface area (Å²) in [6.45, 7) is 5.66. The molecule has 120 valence electrons. The molecular weight excluding hydrogens is 297 g/mol. The first kappa shape index (κ1) is 15.2. The van der Waals surface area contributed by atoms with Gasteiger partial charge in [0.15, 0.2) is 5.69 Å². The normalized spacial score (nSPS) is 12.5. The molecule has 3 aromatic rings. The largest absolute Gasteiger partial charge is 0.344 e. The van der Waals surface area contributed by atoms with Gasteiger partial charge in [-0.1, -0.05) is 13.0 Å². The molecule has 0 aliphatic rings. The first-order valence-corrected chi connectivity index (χ1v) is 7.46. The second-order valence-corrected chi connectivity index (χ2v) is 5.57. The molecule has 0 aromatic carbocycles. The maximum absolute atomic E-state index is 14.4. The maximum atomic E-state index is 14.4. The van der Waals surface area contributed by atoms with E-state index in [0.717, 1.165) is 11.3 Å². The Morgan fingerprint density at radius 2 is 2.22 bits per heavy atom. The number of aryl methyl sites for hydroxylation is 2. The number of hydrogen-bond acceptors (Lipinski definition) is 3. The molecule has 7 heteroatoms. The van der Waals surface area contributed by atoms with Crippen LogP contribution in [0.4, 0.5) is 4.39 Å². The van der Waals surface area contributed by atoms with Crippen LogP contribution in [0.2, 0.25) is 0 Å². The van der Waals surface area contributed by atoms with E-state index in [1.165, 1.54) is 4.40 Å². The zero-order valence-electron chi connectivity index (χ0n) is 13.2. The van der Waals surface area contributed by atoms with Gasteiger partial charge in [-0.2, -0.15) is 4.39 Å². The molecule has 0 radical (unpaired) electrons. The molecule has 23 heavy (non-hydrogen) atoms. The van der Waals surface area contributed by atoms with E-state index in [-0.39, 0.29) is 11.7 Å². The summed E-state index contributed by atoms with van der Waals surface area (Å²) in [7, 11) is 0. The van der Waals surface area contributed by atoms with Gasteiger partial charge in [0.2, 0.25) is 5.95 Å². The number of imidazole rings is 2. The van der Waals surface area contributed by atoms with E-state index in [0.29, 0.717) is 17.9 Å². The van der Waals surface area contributed by atoms with E-state index in [4.69, 9.17) is 0 Å². The van der Waals surface area contributed by atoms with E-state index < -0.39 is 11.9 Å². The molecule has 0 saturated heterocycles. The molecule has 3 heterocycles. The van der Waals surface area contributed by atoms with Crippen molar-refractivity contribution in [1.82, 2.24) is 24.7 Å². The van der Waals surface area contributed by atoms with E-state index in [9.17, 15) is 9.18 Å². The van der Waals surface area contributed by atoms with Crippen molar-refractivity contribution in [2.45, 2.75) is 33.2 Å². The Bertz CT molecular complexity index is 867. The predicted octanol–water partition coefficient (Wildman–Crippen LogP) is 2.69. The van der Waals surface area contributed by atoms with Gasteiger partial charge in [-0.15, -0.1) is 0 Å². The van der Waals surface area contributed by atoms with Gasteiger partial charge >= 0.3 is 0 Å². The first-order chi connectivity index (χ1) is 11.0. The first-order valence-electron chi connectivity index (χ1n) is 7.46. The number of carbonyl (C=O) groups excluding carboxylic acids is 1. The molecule has 0 saturated carbocycles. The third kappa shape index (κ3) is 2.81. The minimum Gasteiger partial charge on any atom is -0.344 e. The van der Waals surface area contributed by atoms with Gasteiger partial charge in [0, 0.05) is 18.1 Å². The summed E-state index contributed by atoms with van der Waals surface area (Å²) in [6.07, 6.45) is 3.94. The number of halogens is 1. The third-order valence-corrected chi connectivity index (χ3v) is 3.69. The summed E-state index contributed by atoms with van der Waals surface area (Å²) in [5, 5.41) is 2.78. The second-order valence-electron chi connectivity index (χ2n) is 5.57. The summed E-state index contributed by atoms with van der Waals surface area (Å²) < 4.78 is 15.7. The van der Waals surface area contributed by atoms with Crippen LogP contribution in [0.5, 0.6) is 0 Å². The topological polar surface area (TPSA) is 75.1 Å². The average molecular weight is 315 g/mol. The molecule has 6 nitrogen and oxygen atoms in total. The van der Waals surface area contributed by atoms with Crippen LogP contribution in [0, 0.1) is 19.8 Å². The van der Waals surface area contributed by atoms with Crippen molar-refractivity contribution >= 4 is 11.6 Å². The van der Waals surface area contributed by atoms with Crippen molar-refractivity contribution in [3.8, 4) is 0 Å². The number of rotatable bonds is 4. The molecule has 3 rings (SSSR count). The Hall–Kier alpha value is -2.70. The van der Waals surface area contributed by atoms with Crippen LogP contribution < -0.4 is 5.32 Å². The Morgan fingerprint density at radius 1 is 1.43 bits per heavy atom. The minimum atomic E-state index is -0.660. The fourth-order valence-electron chi connectivity index (χ4n) is 2.47. The fourth-order valence-corrected chi connectivity index (χ4v) is 2.47. The van der Waals surface area contributed by atoms with Crippen LogP contribution >= 0.6 is 0 Å². The number of aromatic amines is 1. The van der Waals surface area contributed by atoms with Gasteiger partial charge in [-0.05, 0) is 31.9 Å². The number of pyridine rings is 1. The van der Waals surface area contributed by atoms with Crippen molar-refractivity contribution < 1.29 is 9.18 Å².